The Hall–Kier alpha value is -4.59. The molecule has 0 unspecified atom stereocenters. The van der Waals surface area contributed by atoms with Crippen LogP contribution in [0.5, 0.6) is 11.6 Å². The minimum atomic E-state index is -0.245. The number of anilines is 1. The Labute approximate surface area is 177 Å². The van der Waals surface area contributed by atoms with Gasteiger partial charge in [-0.1, -0.05) is 6.07 Å². The minimum absolute atomic E-state index is 0.245. The van der Waals surface area contributed by atoms with Gasteiger partial charge in [0.05, 0.1) is 23.0 Å². The highest BCUT2D eigenvalue weighted by molar-refractivity contribution is 6.05. The molecule has 8 nitrogen and oxygen atoms in total. The summed E-state index contributed by atoms with van der Waals surface area (Å²) in [6, 6.07) is 17.9. The van der Waals surface area contributed by atoms with Gasteiger partial charge in [0, 0.05) is 29.0 Å². The molecule has 0 radical (unpaired) electrons. The lowest BCUT2D eigenvalue weighted by molar-refractivity contribution is 0.102. The third-order valence-corrected chi connectivity index (χ3v) is 4.64. The third kappa shape index (κ3) is 3.95. The average Bonchev–Trinajstić information content (AvgIpc) is 3.28. The smallest absolute Gasteiger partial charge is 0.255 e. The van der Waals surface area contributed by atoms with Crippen molar-refractivity contribution in [2.24, 2.45) is 0 Å². The van der Waals surface area contributed by atoms with Crippen LogP contribution in [0, 0.1) is 0 Å². The number of benzene rings is 2. The summed E-state index contributed by atoms with van der Waals surface area (Å²) >= 11 is 0. The fourth-order valence-corrected chi connectivity index (χ4v) is 3.15. The monoisotopic (exact) mass is 408 g/mol. The van der Waals surface area contributed by atoms with E-state index in [1.807, 2.05) is 30.3 Å². The van der Waals surface area contributed by atoms with E-state index in [2.05, 4.69) is 30.5 Å². The third-order valence-electron chi connectivity index (χ3n) is 4.64. The van der Waals surface area contributed by atoms with Gasteiger partial charge in [-0.25, -0.2) is 15.0 Å². The number of pyridine rings is 1. The number of fused-ring (bicyclic) bond motifs is 1. The van der Waals surface area contributed by atoms with Gasteiger partial charge in [0.2, 0.25) is 5.88 Å². The molecule has 0 fully saturated rings. The Morgan fingerprint density at radius 1 is 0.968 bits per heavy atom. The maximum Gasteiger partial charge on any atom is 0.255 e. The maximum atomic E-state index is 12.8. The number of H-pyrrole nitrogens is 1. The molecule has 0 aliphatic carbocycles. The molecule has 0 atom stereocenters. The molecule has 1 amide bonds. The van der Waals surface area contributed by atoms with Gasteiger partial charge in [-0.3, -0.25) is 9.89 Å². The number of aromatic amines is 1. The van der Waals surface area contributed by atoms with Crippen molar-refractivity contribution in [2.75, 3.05) is 5.32 Å². The van der Waals surface area contributed by atoms with Crippen LogP contribution in [0.25, 0.3) is 22.2 Å². The highest BCUT2D eigenvalue weighted by Crippen LogP contribution is 2.30. The lowest BCUT2D eigenvalue weighted by atomic mass is 10.1. The van der Waals surface area contributed by atoms with Gasteiger partial charge in [0.25, 0.3) is 5.91 Å². The van der Waals surface area contributed by atoms with Gasteiger partial charge < -0.3 is 10.1 Å². The number of carbonyl (C=O) groups excluding carboxylic acids is 1. The van der Waals surface area contributed by atoms with Crippen LogP contribution in [0.1, 0.15) is 10.4 Å². The number of amides is 1. The van der Waals surface area contributed by atoms with Crippen molar-refractivity contribution in [2.45, 2.75) is 0 Å². The molecule has 8 heteroatoms. The van der Waals surface area contributed by atoms with E-state index in [4.69, 9.17) is 4.74 Å². The zero-order chi connectivity index (χ0) is 21.0. The van der Waals surface area contributed by atoms with Crippen LogP contribution in [0.15, 0.2) is 85.6 Å². The lowest BCUT2D eigenvalue weighted by Crippen LogP contribution is -2.11. The predicted octanol–water partition coefficient (Wildman–Crippen LogP) is 4.46. The largest absolute Gasteiger partial charge is 0.438 e. The minimum Gasteiger partial charge on any atom is -0.438 e. The van der Waals surface area contributed by atoms with E-state index in [1.165, 1.54) is 6.33 Å². The molecule has 0 spiro atoms. The molecule has 31 heavy (non-hydrogen) atoms. The number of hydrogen-bond acceptors (Lipinski definition) is 6. The second kappa shape index (κ2) is 8.03. The second-order valence-electron chi connectivity index (χ2n) is 6.71. The molecule has 0 aliphatic heterocycles. The first-order valence-corrected chi connectivity index (χ1v) is 9.50. The molecule has 2 N–H and O–H groups in total. The number of ether oxygens (including phenoxy) is 1. The standard InChI is InChI=1S/C23H16N6O2/c30-22(28-17-6-7-20-16(11-17)13-27-29-20)15-3-1-4-18(12-15)31-23-19(5-2-9-25-23)21-8-10-24-14-26-21/h1-14H,(H,27,29)(H,28,30). The van der Waals surface area contributed by atoms with Gasteiger partial charge in [0.15, 0.2) is 0 Å². The van der Waals surface area contributed by atoms with E-state index in [0.29, 0.717) is 28.6 Å². The van der Waals surface area contributed by atoms with Gasteiger partial charge in [0.1, 0.15) is 12.1 Å². The molecule has 0 saturated carbocycles. The number of nitrogens with one attached hydrogen (secondary N) is 2. The van der Waals surface area contributed by atoms with Gasteiger partial charge in [-0.2, -0.15) is 5.10 Å². The maximum absolute atomic E-state index is 12.8. The Morgan fingerprint density at radius 2 is 1.94 bits per heavy atom. The molecule has 0 aliphatic rings. The van der Waals surface area contributed by atoms with Crippen LogP contribution < -0.4 is 10.1 Å². The number of carbonyl (C=O) groups is 1. The van der Waals surface area contributed by atoms with E-state index in [1.54, 1.807) is 48.9 Å². The van der Waals surface area contributed by atoms with Crippen molar-refractivity contribution >= 4 is 22.5 Å². The fraction of sp³-hybridized carbons (Fsp3) is 0. The number of hydrogen-bond donors (Lipinski definition) is 2. The summed E-state index contributed by atoms with van der Waals surface area (Å²) in [7, 11) is 0. The van der Waals surface area contributed by atoms with E-state index in [9.17, 15) is 4.79 Å². The summed E-state index contributed by atoms with van der Waals surface area (Å²) in [4.78, 5) is 25.3. The summed E-state index contributed by atoms with van der Waals surface area (Å²) in [6.45, 7) is 0. The SMILES string of the molecule is O=C(Nc1ccc2[nH]ncc2c1)c1cccc(Oc2ncccc2-c2ccncn2)c1. The van der Waals surface area contributed by atoms with Crippen LogP contribution in [0.3, 0.4) is 0 Å². The topological polar surface area (TPSA) is 106 Å². The van der Waals surface area contributed by atoms with Gasteiger partial charge >= 0.3 is 0 Å². The summed E-state index contributed by atoms with van der Waals surface area (Å²) in [5.74, 6) is 0.640. The molecular formula is C23H16N6O2. The molecule has 2 aromatic carbocycles. The summed E-state index contributed by atoms with van der Waals surface area (Å²) < 4.78 is 5.99. The molecular weight excluding hydrogens is 392 g/mol. The number of nitrogens with zero attached hydrogens (tertiary/aromatic N) is 4. The Morgan fingerprint density at radius 3 is 2.84 bits per heavy atom. The summed E-state index contributed by atoms with van der Waals surface area (Å²) in [5, 5.41) is 10.7. The molecule has 5 aromatic rings. The van der Waals surface area contributed by atoms with Crippen molar-refractivity contribution < 1.29 is 9.53 Å². The molecule has 150 valence electrons. The quantitative estimate of drug-likeness (QED) is 0.445. The molecule has 5 rings (SSSR count). The van der Waals surface area contributed by atoms with Gasteiger partial charge in [-0.05, 0) is 54.6 Å². The van der Waals surface area contributed by atoms with Crippen molar-refractivity contribution in [1.29, 1.82) is 0 Å². The summed E-state index contributed by atoms with van der Waals surface area (Å²) in [5.41, 5.74) is 3.48. The van der Waals surface area contributed by atoms with Crippen LogP contribution in [0.2, 0.25) is 0 Å². The first-order chi connectivity index (χ1) is 15.3. The highest BCUT2D eigenvalue weighted by Gasteiger charge is 2.12. The van der Waals surface area contributed by atoms with Crippen molar-refractivity contribution in [1.82, 2.24) is 25.1 Å². The van der Waals surface area contributed by atoms with Crippen LogP contribution in [-0.2, 0) is 0 Å². The molecule has 0 bridgehead atoms. The molecule has 3 heterocycles. The molecule has 3 aromatic heterocycles. The second-order valence-corrected chi connectivity index (χ2v) is 6.71. The zero-order valence-electron chi connectivity index (χ0n) is 16.2. The van der Waals surface area contributed by atoms with Crippen molar-refractivity contribution in [3.05, 3.63) is 91.1 Å². The first kappa shape index (κ1) is 18.4. The Balaban J connectivity index is 1.38. The first-order valence-electron chi connectivity index (χ1n) is 9.50. The number of rotatable bonds is 5. The van der Waals surface area contributed by atoms with E-state index >= 15 is 0 Å². The van der Waals surface area contributed by atoms with Crippen LogP contribution in [0.4, 0.5) is 5.69 Å². The number of aromatic nitrogens is 5. The Kier molecular flexibility index (Phi) is 4.78. The highest BCUT2D eigenvalue weighted by atomic mass is 16.5. The van der Waals surface area contributed by atoms with Crippen LogP contribution in [-0.4, -0.2) is 31.1 Å². The van der Waals surface area contributed by atoms with Crippen molar-refractivity contribution in [3.8, 4) is 22.9 Å². The Bertz CT molecular complexity index is 1370. The van der Waals surface area contributed by atoms with Gasteiger partial charge in [-0.15, -0.1) is 0 Å². The molecule has 0 saturated heterocycles. The average molecular weight is 408 g/mol. The zero-order valence-corrected chi connectivity index (χ0v) is 16.2. The predicted molar refractivity (Wildman–Crippen MR) is 116 cm³/mol. The van der Waals surface area contributed by atoms with Crippen LogP contribution >= 0.6 is 0 Å². The normalized spacial score (nSPS) is 10.7. The van der Waals surface area contributed by atoms with E-state index < -0.39 is 0 Å². The van der Waals surface area contributed by atoms with Crippen molar-refractivity contribution in [3.63, 3.8) is 0 Å². The fourth-order valence-electron chi connectivity index (χ4n) is 3.15. The van der Waals surface area contributed by atoms with E-state index in [-0.39, 0.29) is 5.91 Å². The van der Waals surface area contributed by atoms with E-state index in [0.717, 1.165) is 16.5 Å². The summed E-state index contributed by atoms with van der Waals surface area (Å²) in [6.07, 6.45) is 6.48. The lowest BCUT2D eigenvalue weighted by Gasteiger charge is -2.11.